The minimum absolute atomic E-state index is 0.266. The van der Waals surface area contributed by atoms with Gasteiger partial charge in [0, 0.05) is 53.9 Å². The van der Waals surface area contributed by atoms with Gasteiger partial charge < -0.3 is 19.7 Å². The van der Waals surface area contributed by atoms with Crippen LogP contribution in [0.4, 0.5) is 0 Å². The molecule has 5 rings (SSSR count). The van der Waals surface area contributed by atoms with Gasteiger partial charge in [-0.15, -0.1) is 0 Å². The maximum Gasteiger partial charge on any atom is 0.273 e. The minimum Gasteiger partial charge on any atom is -0.497 e. The highest BCUT2D eigenvalue weighted by atomic mass is 32.2. The molecule has 2 aliphatic heterocycles. The fourth-order valence-electron chi connectivity index (χ4n) is 4.98. The number of nitrogens with zero attached hydrogens (tertiary/aromatic N) is 3. The predicted molar refractivity (Wildman–Crippen MR) is 118 cm³/mol. The second-order valence-electron chi connectivity index (χ2n) is 8.48. The van der Waals surface area contributed by atoms with Crippen molar-refractivity contribution in [1.82, 2.24) is 19.2 Å². The maximum atomic E-state index is 13.4. The average molecular weight is 457 g/mol. The summed E-state index contributed by atoms with van der Waals surface area (Å²) in [5, 5.41) is 11.2. The molecule has 1 amide bonds. The van der Waals surface area contributed by atoms with Crippen LogP contribution in [0.25, 0.3) is 10.9 Å². The number of hydrogen-bond acceptors (Lipinski definition) is 6. The molecule has 3 aromatic rings. The average Bonchev–Trinajstić information content (AvgIpc) is 3.14. The summed E-state index contributed by atoms with van der Waals surface area (Å²) in [7, 11) is -1.77. The smallest absolute Gasteiger partial charge is 0.273 e. The molecule has 1 aromatic carbocycles. The predicted octanol–water partition coefficient (Wildman–Crippen LogP) is 1.27. The lowest BCUT2D eigenvalue weighted by molar-refractivity contribution is 0.0244. The Balaban J connectivity index is 1.67. The molecule has 32 heavy (non-hydrogen) atoms. The van der Waals surface area contributed by atoms with E-state index in [0.29, 0.717) is 5.75 Å². The van der Waals surface area contributed by atoms with Crippen molar-refractivity contribution in [3.63, 3.8) is 0 Å². The number of amides is 1. The van der Waals surface area contributed by atoms with Gasteiger partial charge in [0.2, 0.25) is 10.0 Å². The normalized spacial score (nSPS) is 20.2. The lowest BCUT2D eigenvalue weighted by Crippen LogP contribution is -2.67. The highest BCUT2D eigenvalue weighted by Crippen LogP contribution is 2.49. The van der Waals surface area contributed by atoms with Gasteiger partial charge in [0.15, 0.2) is 0 Å². The number of aliphatic hydroxyl groups is 1. The molecular weight excluding hydrogens is 432 g/mol. The van der Waals surface area contributed by atoms with Gasteiger partial charge in [0.05, 0.1) is 26.0 Å². The van der Waals surface area contributed by atoms with Crippen LogP contribution in [-0.2, 0) is 15.4 Å². The van der Waals surface area contributed by atoms with Gasteiger partial charge in [-0.2, -0.15) is 0 Å². The number of aliphatic hydroxyl groups excluding tert-OH is 1. The van der Waals surface area contributed by atoms with E-state index in [0.717, 1.165) is 22.2 Å². The van der Waals surface area contributed by atoms with E-state index in [1.54, 1.807) is 36.4 Å². The Morgan fingerprint density at radius 3 is 2.69 bits per heavy atom. The van der Waals surface area contributed by atoms with Gasteiger partial charge in [-0.25, -0.2) is 12.7 Å². The molecule has 1 spiro atoms. The summed E-state index contributed by atoms with van der Waals surface area (Å²) in [4.78, 5) is 22.6. The SMILES string of the molecule is COc1ccc2c3c([nH]c2c1)[C@H](CO)N(C(=O)c1ccccn1)CC31CN(S(C)(=O)=O)C1. The third kappa shape index (κ3) is 3.09. The van der Waals surface area contributed by atoms with Crippen LogP contribution in [0.1, 0.15) is 27.8 Å². The monoisotopic (exact) mass is 456 g/mol. The molecule has 2 N–H and O–H groups in total. The number of methoxy groups -OCH3 is 1. The summed E-state index contributed by atoms with van der Waals surface area (Å²) in [6, 6.07) is 10.2. The second-order valence-corrected chi connectivity index (χ2v) is 10.5. The zero-order chi connectivity index (χ0) is 22.7. The lowest BCUT2D eigenvalue weighted by atomic mass is 9.70. The van der Waals surface area contributed by atoms with Gasteiger partial charge in [0.25, 0.3) is 5.91 Å². The van der Waals surface area contributed by atoms with Crippen LogP contribution in [0.2, 0.25) is 0 Å². The summed E-state index contributed by atoms with van der Waals surface area (Å²) >= 11 is 0. The molecule has 4 heterocycles. The third-order valence-electron chi connectivity index (χ3n) is 6.49. The topological polar surface area (TPSA) is 116 Å². The molecule has 0 bridgehead atoms. The Kier molecular flexibility index (Phi) is 4.77. The van der Waals surface area contributed by atoms with Crippen LogP contribution < -0.4 is 4.74 Å². The molecule has 0 saturated carbocycles. The Morgan fingerprint density at radius 1 is 1.28 bits per heavy atom. The first-order valence-corrected chi connectivity index (χ1v) is 12.1. The van der Waals surface area contributed by atoms with Gasteiger partial charge in [-0.05, 0) is 29.8 Å². The maximum absolute atomic E-state index is 13.4. The lowest BCUT2D eigenvalue weighted by Gasteiger charge is -2.55. The highest BCUT2D eigenvalue weighted by molar-refractivity contribution is 7.88. The number of aromatic amines is 1. The third-order valence-corrected chi connectivity index (χ3v) is 7.69. The van der Waals surface area contributed by atoms with Crippen LogP contribution >= 0.6 is 0 Å². The molecule has 9 nitrogen and oxygen atoms in total. The molecule has 2 aromatic heterocycles. The van der Waals surface area contributed by atoms with E-state index in [-0.39, 0.29) is 37.8 Å². The van der Waals surface area contributed by atoms with Crippen molar-refractivity contribution in [2.45, 2.75) is 11.5 Å². The van der Waals surface area contributed by atoms with Crippen LogP contribution in [-0.4, -0.2) is 78.2 Å². The molecule has 1 atom stereocenters. The second kappa shape index (κ2) is 7.29. The van der Waals surface area contributed by atoms with Crippen molar-refractivity contribution in [2.24, 2.45) is 0 Å². The first-order chi connectivity index (χ1) is 15.3. The fraction of sp³-hybridized carbons (Fsp3) is 0.364. The number of H-pyrrole nitrogens is 1. The number of benzene rings is 1. The standard InChI is InChI=1S/C22H24N4O5S/c1-31-14-6-7-15-17(9-14)24-20-18(10-27)26(21(28)16-5-3-4-8-23-16)13-22(19(15)20)11-25(12-22)32(2,29)30/h3-9,18,24,27H,10-13H2,1-2H3/t18-/m0/s1. The summed E-state index contributed by atoms with van der Waals surface area (Å²) in [6.07, 6.45) is 2.74. The van der Waals surface area contributed by atoms with E-state index in [2.05, 4.69) is 9.97 Å². The summed E-state index contributed by atoms with van der Waals surface area (Å²) in [5.74, 6) is 0.377. The Labute approximate surface area is 185 Å². The van der Waals surface area contributed by atoms with Gasteiger partial charge in [-0.1, -0.05) is 6.07 Å². The molecule has 0 radical (unpaired) electrons. The van der Waals surface area contributed by atoms with Gasteiger partial charge in [-0.3, -0.25) is 9.78 Å². The van der Waals surface area contributed by atoms with Crippen molar-refractivity contribution in [1.29, 1.82) is 0 Å². The van der Waals surface area contributed by atoms with E-state index in [4.69, 9.17) is 4.74 Å². The number of carbonyl (C=O) groups is 1. The first kappa shape index (κ1) is 20.9. The quantitative estimate of drug-likeness (QED) is 0.611. The zero-order valence-electron chi connectivity index (χ0n) is 17.8. The van der Waals surface area contributed by atoms with Crippen LogP contribution in [0.15, 0.2) is 42.6 Å². The molecule has 1 fully saturated rings. The van der Waals surface area contributed by atoms with E-state index < -0.39 is 21.5 Å². The molecule has 0 aliphatic carbocycles. The molecule has 1 saturated heterocycles. The van der Waals surface area contributed by atoms with E-state index in [1.807, 2.05) is 18.2 Å². The fourth-order valence-corrected chi connectivity index (χ4v) is 5.94. The number of rotatable bonds is 4. The Morgan fingerprint density at radius 2 is 2.06 bits per heavy atom. The van der Waals surface area contributed by atoms with E-state index in [9.17, 15) is 18.3 Å². The van der Waals surface area contributed by atoms with Crippen LogP contribution in [0.5, 0.6) is 5.75 Å². The van der Waals surface area contributed by atoms with Crippen molar-refractivity contribution < 1.29 is 23.1 Å². The molecule has 0 unspecified atom stereocenters. The number of aromatic nitrogens is 2. The summed E-state index contributed by atoms with van der Waals surface area (Å²) in [6.45, 7) is 0.539. The number of hydrogen-bond donors (Lipinski definition) is 2. The summed E-state index contributed by atoms with van der Waals surface area (Å²) < 4.78 is 31.1. The summed E-state index contributed by atoms with van der Waals surface area (Å²) in [5.41, 5.74) is 2.19. The van der Waals surface area contributed by atoms with Crippen molar-refractivity contribution in [3.05, 3.63) is 59.5 Å². The highest BCUT2D eigenvalue weighted by Gasteiger charge is 2.56. The van der Waals surface area contributed by atoms with Gasteiger partial charge >= 0.3 is 0 Å². The van der Waals surface area contributed by atoms with Gasteiger partial charge in [0.1, 0.15) is 11.4 Å². The Hall–Kier alpha value is -2.95. The molecule has 168 valence electrons. The van der Waals surface area contributed by atoms with Crippen LogP contribution in [0.3, 0.4) is 0 Å². The molecule has 2 aliphatic rings. The van der Waals surface area contributed by atoms with Crippen molar-refractivity contribution in [2.75, 3.05) is 39.6 Å². The van der Waals surface area contributed by atoms with E-state index >= 15 is 0 Å². The molecular formula is C22H24N4O5S. The minimum atomic E-state index is -3.36. The number of carbonyl (C=O) groups excluding carboxylic acids is 1. The Bertz CT molecular complexity index is 1300. The molecule has 10 heteroatoms. The number of ether oxygens (including phenoxy) is 1. The van der Waals surface area contributed by atoms with Crippen LogP contribution in [0, 0.1) is 0 Å². The largest absolute Gasteiger partial charge is 0.497 e. The van der Waals surface area contributed by atoms with Crippen molar-refractivity contribution in [3.8, 4) is 5.75 Å². The number of fused-ring (bicyclic) bond motifs is 4. The zero-order valence-corrected chi connectivity index (χ0v) is 18.6. The number of pyridine rings is 1. The first-order valence-electron chi connectivity index (χ1n) is 10.3. The number of sulfonamides is 1. The van der Waals surface area contributed by atoms with E-state index in [1.165, 1.54) is 10.6 Å². The van der Waals surface area contributed by atoms with Crippen molar-refractivity contribution >= 4 is 26.8 Å². The number of nitrogens with one attached hydrogen (secondary N) is 1.